The molecule has 0 bridgehead atoms. The minimum atomic E-state index is 0.297. The average molecular weight is 295 g/mol. The van der Waals surface area contributed by atoms with Crippen molar-refractivity contribution in [3.63, 3.8) is 0 Å². The largest absolute Gasteiger partial charge is 0.329 e. The summed E-state index contributed by atoms with van der Waals surface area (Å²) in [5.74, 6) is 0. The Labute approximate surface area is 128 Å². The monoisotopic (exact) mass is 295 g/mol. The molecule has 0 aliphatic carbocycles. The molecule has 0 aromatic heterocycles. The molecule has 0 saturated heterocycles. The summed E-state index contributed by atoms with van der Waals surface area (Å²) in [5, 5.41) is 0. The highest BCUT2D eigenvalue weighted by Crippen LogP contribution is 2.24. The molecule has 114 valence electrons. The molecular weight excluding hydrogens is 266 g/mol. The van der Waals surface area contributed by atoms with Crippen molar-refractivity contribution in [2.45, 2.75) is 30.8 Å². The van der Waals surface area contributed by atoms with Gasteiger partial charge in [-0.1, -0.05) is 19.1 Å². The number of benzene rings is 1. The minimum Gasteiger partial charge on any atom is -0.329 e. The number of rotatable bonds is 8. The van der Waals surface area contributed by atoms with Gasteiger partial charge in [0.05, 0.1) is 0 Å². The topological polar surface area (TPSA) is 32.5 Å². The van der Waals surface area contributed by atoms with Crippen molar-refractivity contribution < 1.29 is 0 Å². The van der Waals surface area contributed by atoms with Crippen LogP contribution in [0.1, 0.15) is 25.5 Å². The van der Waals surface area contributed by atoms with E-state index in [4.69, 9.17) is 5.73 Å². The third kappa shape index (κ3) is 4.77. The Morgan fingerprint density at radius 2 is 1.80 bits per heavy atom. The summed E-state index contributed by atoms with van der Waals surface area (Å²) >= 11 is 1.77. The van der Waals surface area contributed by atoms with Crippen molar-refractivity contribution in [3.8, 4) is 0 Å². The van der Waals surface area contributed by atoms with E-state index in [1.54, 1.807) is 11.8 Å². The highest BCUT2D eigenvalue weighted by atomic mass is 32.2. The lowest BCUT2D eigenvalue weighted by Gasteiger charge is -2.36. The molecule has 0 aliphatic rings. The van der Waals surface area contributed by atoms with Gasteiger partial charge in [-0.05, 0) is 51.5 Å². The predicted octanol–water partition coefficient (Wildman–Crippen LogP) is 2.68. The first-order chi connectivity index (χ1) is 9.53. The fourth-order valence-electron chi connectivity index (χ4n) is 2.76. The summed E-state index contributed by atoms with van der Waals surface area (Å²) in [6.45, 7) is 7.21. The van der Waals surface area contributed by atoms with Crippen LogP contribution in [0.5, 0.6) is 0 Å². The van der Waals surface area contributed by atoms with Gasteiger partial charge >= 0.3 is 0 Å². The summed E-state index contributed by atoms with van der Waals surface area (Å²) < 4.78 is 0. The second-order valence-corrected chi connectivity index (χ2v) is 6.35. The van der Waals surface area contributed by atoms with Crippen molar-refractivity contribution >= 4 is 11.8 Å². The Morgan fingerprint density at radius 3 is 2.20 bits per heavy atom. The molecule has 0 heterocycles. The van der Waals surface area contributed by atoms with E-state index in [-0.39, 0.29) is 0 Å². The van der Waals surface area contributed by atoms with Crippen LogP contribution in [-0.4, -0.2) is 55.8 Å². The van der Waals surface area contributed by atoms with Crippen LogP contribution in [-0.2, 0) is 0 Å². The lowest BCUT2D eigenvalue weighted by atomic mass is 10.0. The Bertz CT molecular complexity index is 378. The summed E-state index contributed by atoms with van der Waals surface area (Å²) in [6.07, 6.45) is 2.10. The summed E-state index contributed by atoms with van der Waals surface area (Å²) in [7, 11) is 4.24. The lowest BCUT2D eigenvalue weighted by molar-refractivity contribution is 0.131. The second-order valence-electron chi connectivity index (χ2n) is 5.47. The standard InChI is InChI=1S/C16H29N3S/c1-6-19(13(2)12-18(3)4)16(11-17)14-7-9-15(20-5)10-8-14/h7-10,13,16H,6,11-12,17H2,1-5H3. The van der Waals surface area contributed by atoms with Crippen molar-refractivity contribution in [2.24, 2.45) is 5.73 Å². The normalized spacial score (nSPS) is 14.8. The van der Waals surface area contributed by atoms with Crippen LogP contribution in [0.3, 0.4) is 0 Å². The summed E-state index contributed by atoms with van der Waals surface area (Å²) in [5.41, 5.74) is 7.38. The predicted molar refractivity (Wildman–Crippen MR) is 90.4 cm³/mol. The molecule has 1 rings (SSSR count). The van der Waals surface area contributed by atoms with E-state index >= 15 is 0 Å². The summed E-state index contributed by atoms with van der Waals surface area (Å²) in [4.78, 5) is 6.03. The van der Waals surface area contributed by atoms with Crippen molar-refractivity contribution in [1.29, 1.82) is 0 Å². The second kappa shape index (κ2) is 8.67. The Morgan fingerprint density at radius 1 is 1.20 bits per heavy atom. The molecule has 0 fully saturated rings. The van der Waals surface area contributed by atoms with Crippen LogP contribution in [0.2, 0.25) is 0 Å². The zero-order valence-corrected chi connectivity index (χ0v) is 14.3. The van der Waals surface area contributed by atoms with Crippen LogP contribution in [0.4, 0.5) is 0 Å². The minimum absolute atomic E-state index is 0.297. The average Bonchev–Trinajstić information content (AvgIpc) is 2.43. The van der Waals surface area contributed by atoms with Crippen LogP contribution >= 0.6 is 11.8 Å². The first-order valence-electron chi connectivity index (χ1n) is 7.27. The SMILES string of the molecule is CCN(C(C)CN(C)C)C(CN)c1ccc(SC)cc1. The quantitative estimate of drug-likeness (QED) is 0.747. The smallest absolute Gasteiger partial charge is 0.0473 e. The highest BCUT2D eigenvalue weighted by molar-refractivity contribution is 7.98. The zero-order chi connectivity index (χ0) is 15.1. The molecule has 20 heavy (non-hydrogen) atoms. The number of thioether (sulfide) groups is 1. The first-order valence-corrected chi connectivity index (χ1v) is 8.50. The van der Waals surface area contributed by atoms with Gasteiger partial charge < -0.3 is 10.6 Å². The van der Waals surface area contributed by atoms with Gasteiger partial charge in [-0.25, -0.2) is 0 Å². The molecule has 4 heteroatoms. The van der Waals surface area contributed by atoms with Crippen LogP contribution < -0.4 is 5.73 Å². The number of hydrogen-bond donors (Lipinski definition) is 1. The Hall–Kier alpha value is -0.550. The van der Waals surface area contributed by atoms with E-state index in [1.807, 2.05) is 0 Å². The van der Waals surface area contributed by atoms with E-state index in [0.717, 1.165) is 13.1 Å². The van der Waals surface area contributed by atoms with Crippen LogP contribution in [0.25, 0.3) is 0 Å². The van der Waals surface area contributed by atoms with Gasteiger partial charge in [0.25, 0.3) is 0 Å². The Balaban J connectivity index is 2.89. The molecule has 0 amide bonds. The van der Waals surface area contributed by atoms with Crippen LogP contribution in [0, 0.1) is 0 Å². The fourth-order valence-corrected chi connectivity index (χ4v) is 3.17. The van der Waals surface area contributed by atoms with E-state index in [1.165, 1.54) is 10.5 Å². The van der Waals surface area contributed by atoms with E-state index in [9.17, 15) is 0 Å². The van der Waals surface area contributed by atoms with E-state index in [0.29, 0.717) is 18.6 Å². The molecular formula is C16H29N3S. The lowest BCUT2D eigenvalue weighted by Crippen LogP contribution is -2.44. The third-order valence-electron chi connectivity index (χ3n) is 3.68. The molecule has 0 spiro atoms. The molecule has 0 saturated carbocycles. The molecule has 2 unspecified atom stereocenters. The molecule has 2 N–H and O–H groups in total. The maximum absolute atomic E-state index is 6.06. The Kier molecular flexibility index (Phi) is 7.59. The van der Waals surface area contributed by atoms with E-state index in [2.05, 4.69) is 68.3 Å². The van der Waals surface area contributed by atoms with Gasteiger partial charge in [-0.15, -0.1) is 11.8 Å². The number of hydrogen-bond acceptors (Lipinski definition) is 4. The van der Waals surface area contributed by atoms with Crippen molar-refractivity contribution in [3.05, 3.63) is 29.8 Å². The molecule has 0 aliphatic heterocycles. The van der Waals surface area contributed by atoms with Gasteiger partial charge in [0.15, 0.2) is 0 Å². The molecule has 1 aromatic rings. The molecule has 0 radical (unpaired) electrons. The van der Waals surface area contributed by atoms with Crippen molar-refractivity contribution in [2.75, 3.05) is 40.0 Å². The zero-order valence-electron chi connectivity index (χ0n) is 13.5. The van der Waals surface area contributed by atoms with Gasteiger partial charge in [0, 0.05) is 30.1 Å². The number of nitrogens with zero attached hydrogens (tertiary/aromatic N) is 2. The number of likely N-dealkylation sites (N-methyl/N-ethyl adjacent to an activating group) is 2. The first kappa shape index (κ1) is 17.5. The van der Waals surface area contributed by atoms with Crippen LogP contribution in [0.15, 0.2) is 29.2 Å². The van der Waals surface area contributed by atoms with Gasteiger partial charge in [-0.3, -0.25) is 4.90 Å². The maximum Gasteiger partial charge on any atom is 0.0473 e. The van der Waals surface area contributed by atoms with Gasteiger partial charge in [-0.2, -0.15) is 0 Å². The van der Waals surface area contributed by atoms with E-state index < -0.39 is 0 Å². The fraction of sp³-hybridized carbons (Fsp3) is 0.625. The molecule has 1 aromatic carbocycles. The third-order valence-corrected chi connectivity index (χ3v) is 4.43. The highest BCUT2D eigenvalue weighted by Gasteiger charge is 2.22. The van der Waals surface area contributed by atoms with Crippen molar-refractivity contribution in [1.82, 2.24) is 9.80 Å². The number of nitrogens with two attached hydrogens (primary N) is 1. The molecule has 3 nitrogen and oxygen atoms in total. The molecule has 2 atom stereocenters. The van der Waals surface area contributed by atoms with Gasteiger partial charge in [0.2, 0.25) is 0 Å². The van der Waals surface area contributed by atoms with Gasteiger partial charge in [0.1, 0.15) is 0 Å². The summed E-state index contributed by atoms with van der Waals surface area (Å²) in [6, 6.07) is 9.60. The maximum atomic E-state index is 6.06.